The molecule has 1 N–H and O–H groups in total. The van der Waals surface area contributed by atoms with Crippen LogP contribution < -0.4 is 14.8 Å². The highest BCUT2D eigenvalue weighted by atomic mass is 16.5. The number of carbonyl (C=O) groups is 2. The first kappa shape index (κ1) is 28.1. The second-order valence-electron chi connectivity index (χ2n) is 9.08. The lowest BCUT2D eigenvalue weighted by Gasteiger charge is -2.35. The predicted octanol–water partition coefficient (Wildman–Crippen LogP) is 4.59. The van der Waals surface area contributed by atoms with Crippen molar-refractivity contribution in [1.82, 2.24) is 14.7 Å². The van der Waals surface area contributed by atoms with Crippen LogP contribution in [0.15, 0.2) is 54.6 Å². The van der Waals surface area contributed by atoms with Crippen molar-refractivity contribution < 1.29 is 19.1 Å². The van der Waals surface area contributed by atoms with Crippen LogP contribution in [0.4, 0.5) is 10.5 Å². The predicted molar refractivity (Wildman–Crippen MR) is 148 cm³/mol. The topological polar surface area (TPSA) is 74.4 Å². The Bertz CT molecular complexity index is 1030. The minimum absolute atomic E-state index is 0.106. The van der Waals surface area contributed by atoms with Gasteiger partial charge in [0.15, 0.2) is 0 Å². The highest BCUT2D eigenvalue weighted by Gasteiger charge is 2.22. The molecule has 0 atom stereocenters. The van der Waals surface area contributed by atoms with Gasteiger partial charge in [-0.15, -0.1) is 0 Å². The number of unbranched alkanes of at least 4 members (excludes halogenated alkanes) is 1. The van der Waals surface area contributed by atoms with Gasteiger partial charge in [-0.2, -0.15) is 0 Å². The number of amides is 3. The van der Waals surface area contributed by atoms with Crippen molar-refractivity contribution in [2.45, 2.75) is 26.2 Å². The van der Waals surface area contributed by atoms with Gasteiger partial charge in [0.1, 0.15) is 11.5 Å². The Morgan fingerprint density at radius 3 is 2.54 bits per heavy atom. The SMILES string of the molecule is CCCCC(=O)N(CC=Cc1ccccc1OC)CCN1CCN(C(=O)Nc2cccc(OC)c2)CC1. The van der Waals surface area contributed by atoms with Crippen molar-refractivity contribution >= 4 is 23.7 Å². The average molecular weight is 509 g/mol. The average Bonchev–Trinajstić information content (AvgIpc) is 2.94. The number of methoxy groups -OCH3 is 2. The molecule has 37 heavy (non-hydrogen) atoms. The maximum absolute atomic E-state index is 12.9. The number of para-hydroxylation sites is 1. The monoisotopic (exact) mass is 508 g/mol. The quantitative estimate of drug-likeness (QED) is 0.454. The molecule has 2 aromatic carbocycles. The molecule has 3 amide bonds. The smallest absolute Gasteiger partial charge is 0.321 e. The number of anilines is 1. The van der Waals surface area contributed by atoms with Crippen molar-refractivity contribution in [3.63, 3.8) is 0 Å². The molecule has 200 valence electrons. The maximum atomic E-state index is 12.9. The van der Waals surface area contributed by atoms with Crippen LogP contribution in [-0.2, 0) is 4.79 Å². The maximum Gasteiger partial charge on any atom is 0.321 e. The van der Waals surface area contributed by atoms with E-state index in [9.17, 15) is 9.59 Å². The van der Waals surface area contributed by atoms with Crippen LogP contribution in [-0.4, -0.2) is 86.7 Å². The molecule has 1 aliphatic rings. The molecule has 8 heteroatoms. The van der Waals surface area contributed by atoms with Gasteiger partial charge in [-0.3, -0.25) is 9.69 Å². The number of hydrogen-bond donors (Lipinski definition) is 1. The third-order valence-corrected chi connectivity index (χ3v) is 6.53. The highest BCUT2D eigenvalue weighted by Crippen LogP contribution is 2.19. The number of carbonyl (C=O) groups excluding carboxylic acids is 2. The molecule has 0 radical (unpaired) electrons. The Hall–Kier alpha value is -3.52. The molecule has 3 rings (SSSR count). The van der Waals surface area contributed by atoms with Crippen molar-refractivity contribution in [2.24, 2.45) is 0 Å². The summed E-state index contributed by atoms with van der Waals surface area (Å²) in [4.78, 5) is 31.7. The van der Waals surface area contributed by atoms with Gasteiger partial charge in [-0.05, 0) is 24.6 Å². The number of urea groups is 1. The summed E-state index contributed by atoms with van der Waals surface area (Å²) in [5, 5.41) is 2.95. The highest BCUT2D eigenvalue weighted by molar-refractivity contribution is 5.89. The van der Waals surface area contributed by atoms with Gasteiger partial charge in [-0.25, -0.2) is 4.79 Å². The molecule has 1 aliphatic heterocycles. The molecule has 2 aromatic rings. The third kappa shape index (κ3) is 8.82. The summed E-state index contributed by atoms with van der Waals surface area (Å²) in [6.07, 6.45) is 6.50. The lowest BCUT2D eigenvalue weighted by Crippen LogP contribution is -2.51. The lowest BCUT2D eigenvalue weighted by molar-refractivity contribution is -0.131. The van der Waals surface area contributed by atoms with Crippen LogP contribution in [0.2, 0.25) is 0 Å². The van der Waals surface area contributed by atoms with Crippen molar-refractivity contribution in [2.75, 3.05) is 65.3 Å². The van der Waals surface area contributed by atoms with E-state index in [0.717, 1.165) is 43.8 Å². The second-order valence-corrected chi connectivity index (χ2v) is 9.08. The molecule has 8 nitrogen and oxygen atoms in total. The van der Waals surface area contributed by atoms with Gasteiger partial charge in [0.25, 0.3) is 0 Å². The van der Waals surface area contributed by atoms with E-state index < -0.39 is 0 Å². The van der Waals surface area contributed by atoms with E-state index in [-0.39, 0.29) is 11.9 Å². The zero-order chi connectivity index (χ0) is 26.5. The molecule has 0 aromatic heterocycles. The van der Waals surface area contributed by atoms with Gasteiger partial charge >= 0.3 is 6.03 Å². The summed E-state index contributed by atoms with van der Waals surface area (Å²) in [5.41, 5.74) is 1.71. The fourth-order valence-corrected chi connectivity index (χ4v) is 4.26. The molecule has 1 saturated heterocycles. The minimum Gasteiger partial charge on any atom is -0.497 e. The standard InChI is InChI=1S/C29H40N4O4/c1-4-5-15-28(34)32(16-9-11-24-10-6-7-14-27(24)37-3)20-17-31-18-21-33(22-19-31)29(35)30-25-12-8-13-26(23-25)36-2/h6-14,23H,4-5,15-22H2,1-3H3,(H,30,35). The molecule has 0 unspecified atom stereocenters. The summed E-state index contributed by atoms with van der Waals surface area (Å²) in [6.45, 7) is 6.95. The van der Waals surface area contributed by atoms with E-state index in [2.05, 4.69) is 17.1 Å². The Morgan fingerprint density at radius 2 is 1.81 bits per heavy atom. The van der Waals surface area contributed by atoms with Gasteiger partial charge in [0, 0.05) is 69.6 Å². The third-order valence-electron chi connectivity index (χ3n) is 6.53. The number of benzene rings is 2. The van der Waals surface area contributed by atoms with Crippen LogP contribution in [0.25, 0.3) is 6.08 Å². The number of ether oxygens (including phenoxy) is 2. The summed E-state index contributed by atoms with van der Waals surface area (Å²) in [7, 11) is 3.27. The number of rotatable bonds is 12. The van der Waals surface area contributed by atoms with E-state index in [1.54, 1.807) is 20.3 Å². The zero-order valence-electron chi connectivity index (χ0n) is 22.3. The molecule has 0 spiro atoms. The number of hydrogen-bond acceptors (Lipinski definition) is 5. The van der Waals surface area contributed by atoms with E-state index in [0.29, 0.717) is 44.0 Å². The van der Waals surface area contributed by atoms with Crippen LogP contribution in [0.5, 0.6) is 11.5 Å². The fourth-order valence-electron chi connectivity index (χ4n) is 4.26. The number of piperazine rings is 1. The Labute approximate surface area is 220 Å². The number of nitrogens with one attached hydrogen (secondary N) is 1. The Balaban J connectivity index is 1.49. The molecular weight excluding hydrogens is 468 g/mol. The molecule has 1 heterocycles. The summed E-state index contributed by atoms with van der Waals surface area (Å²) < 4.78 is 10.7. The zero-order valence-corrected chi connectivity index (χ0v) is 22.3. The first-order valence-electron chi connectivity index (χ1n) is 13.0. The van der Waals surface area contributed by atoms with Crippen LogP contribution in [0.1, 0.15) is 31.7 Å². The summed E-state index contributed by atoms with van der Waals surface area (Å²) in [6, 6.07) is 15.1. The molecular formula is C29H40N4O4. The van der Waals surface area contributed by atoms with E-state index in [1.807, 2.05) is 64.4 Å². The first-order chi connectivity index (χ1) is 18.0. The molecule has 0 aliphatic carbocycles. The normalized spacial score (nSPS) is 14.0. The number of nitrogens with zero attached hydrogens (tertiary/aromatic N) is 3. The minimum atomic E-state index is -0.106. The van der Waals surface area contributed by atoms with E-state index in [1.165, 1.54) is 0 Å². The van der Waals surface area contributed by atoms with Crippen molar-refractivity contribution in [3.8, 4) is 11.5 Å². The molecule has 0 bridgehead atoms. The van der Waals surface area contributed by atoms with Gasteiger partial charge in [0.05, 0.1) is 14.2 Å². The van der Waals surface area contributed by atoms with Crippen LogP contribution in [0, 0.1) is 0 Å². The first-order valence-corrected chi connectivity index (χ1v) is 13.0. The van der Waals surface area contributed by atoms with Crippen molar-refractivity contribution in [3.05, 3.63) is 60.2 Å². The van der Waals surface area contributed by atoms with E-state index >= 15 is 0 Å². The van der Waals surface area contributed by atoms with Crippen molar-refractivity contribution in [1.29, 1.82) is 0 Å². The molecule has 0 saturated carbocycles. The molecule has 1 fully saturated rings. The summed E-state index contributed by atoms with van der Waals surface area (Å²) in [5.74, 6) is 1.71. The lowest BCUT2D eigenvalue weighted by atomic mass is 10.2. The largest absolute Gasteiger partial charge is 0.497 e. The summed E-state index contributed by atoms with van der Waals surface area (Å²) >= 11 is 0. The second kappa shape index (κ2) is 14.9. The Morgan fingerprint density at radius 1 is 1.03 bits per heavy atom. The van der Waals surface area contributed by atoms with Gasteiger partial charge in [-0.1, -0.05) is 49.8 Å². The van der Waals surface area contributed by atoms with E-state index in [4.69, 9.17) is 9.47 Å². The van der Waals surface area contributed by atoms with Gasteiger partial charge < -0.3 is 24.6 Å². The van der Waals surface area contributed by atoms with Crippen LogP contribution >= 0.6 is 0 Å². The fraction of sp³-hybridized carbons (Fsp3) is 0.448. The van der Waals surface area contributed by atoms with Crippen LogP contribution in [0.3, 0.4) is 0 Å². The van der Waals surface area contributed by atoms with Gasteiger partial charge in [0.2, 0.25) is 5.91 Å². The Kier molecular flexibility index (Phi) is 11.3.